The van der Waals surface area contributed by atoms with Crippen LogP contribution < -0.4 is 19.5 Å². The molecule has 0 amide bonds. The Morgan fingerprint density at radius 2 is 1.94 bits per heavy atom. The summed E-state index contributed by atoms with van der Waals surface area (Å²) in [5, 5.41) is 13.5. The van der Waals surface area contributed by atoms with Gasteiger partial charge in [0.1, 0.15) is 18.0 Å². The summed E-state index contributed by atoms with van der Waals surface area (Å²) in [4.78, 5) is 14.4. The lowest BCUT2D eigenvalue weighted by molar-refractivity contribution is -0.910. The van der Waals surface area contributed by atoms with Crippen LogP contribution in [0.1, 0.15) is 42.3 Å². The van der Waals surface area contributed by atoms with Crippen molar-refractivity contribution in [2.45, 2.75) is 33.9 Å². The van der Waals surface area contributed by atoms with E-state index in [-0.39, 0.29) is 17.3 Å². The number of methoxy groups -OCH3 is 1. The fourth-order valence-electron chi connectivity index (χ4n) is 4.16. The van der Waals surface area contributed by atoms with Crippen LogP contribution in [0.3, 0.4) is 0 Å². The predicted molar refractivity (Wildman–Crippen MR) is 119 cm³/mol. The number of fused-ring (bicyclic) bond motifs is 2. The third kappa shape index (κ3) is 3.68. The number of ether oxygens (including phenoxy) is 2. The van der Waals surface area contributed by atoms with E-state index in [1.165, 1.54) is 11.0 Å². The number of benzene rings is 2. The Morgan fingerprint density at radius 1 is 1.16 bits per heavy atom. The number of rotatable bonds is 7. The van der Waals surface area contributed by atoms with Gasteiger partial charge in [0.25, 0.3) is 0 Å². The van der Waals surface area contributed by atoms with E-state index in [1.54, 1.807) is 19.3 Å². The quantitative estimate of drug-likeness (QED) is 0.597. The highest BCUT2D eigenvalue weighted by atomic mass is 16.5. The maximum Gasteiger partial charge on any atom is 0.231 e. The monoisotopic (exact) mass is 420 g/mol. The molecule has 0 saturated heterocycles. The zero-order chi connectivity index (χ0) is 22.1. The summed E-state index contributed by atoms with van der Waals surface area (Å²) >= 11 is 0. The second-order valence-electron chi connectivity index (χ2n) is 7.75. The fourth-order valence-corrected chi connectivity index (χ4v) is 4.16. The minimum Gasteiger partial charge on any atom is -0.872 e. The van der Waals surface area contributed by atoms with Gasteiger partial charge in [-0.25, -0.2) is 0 Å². The molecule has 162 valence electrons. The van der Waals surface area contributed by atoms with Crippen molar-refractivity contribution >= 4 is 22.8 Å². The first kappa shape index (κ1) is 21.0. The third-order valence-electron chi connectivity index (χ3n) is 6.07. The molecule has 31 heavy (non-hydrogen) atoms. The number of ketones is 1. The van der Waals surface area contributed by atoms with Crippen LogP contribution in [-0.4, -0.2) is 30.5 Å². The predicted octanol–water partition coefficient (Wildman–Crippen LogP) is 2.78. The second kappa shape index (κ2) is 8.47. The maximum atomic E-state index is 13.1. The molecule has 0 fully saturated rings. The van der Waals surface area contributed by atoms with E-state index in [0.29, 0.717) is 23.4 Å². The molecular weight excluding hydrogens is 392 g/mol. The Bertz CT molecular complexity index is 1170. The zero-order valence-corrected chi connectivity index (χ0v) is 18.5. The molecule has 1 aliphatic rings. The lowest BCUT2D eigenvalue weighted by Gasteiger charge is -2.21. The molecule has 0 atom stereocenters. The van der Waals surface area contributed by atoms with Crippen molar-refractivity contribution in [2.75, 3.05) is 20.2 Å². The Morgan fingerprint density at radius 3 is 2.61 bits per heavy atom. The van der Waals surface area contributed by atoms with Gasteiger partial charge in [0.15, 0.2) is 5.76 Å². The highest BCUT2D eigenvalue weighted by Gasteiger charge is 2.31. The van der Waals surface area contributed by atoms with Crippen molar-refractivity contribution in [2.24, 2.45) is 0 Å². The van der Waals surface area contributed by atoms with E-state index in [0.717, 1.165) is 41.9 Å². The molecule has 2 aromatic carbocycles. The summed E-state index contributed by atoms with van der Waals surface area (Å²) in [5.74, 6) is 1.14. The summed E-state index contributed by atoms with van der Waals surface area (Å²) in [7, 11) is 1.64. The molecule has 1 aliphatic heterocycles. The number of Topliss-reactive ketones (excluding diaryl/α,β-unsaturated/α-hetero) is 1. The number of nitrogens with one attached hydrogen (secondary N) is 1. The molecule has 0 unspecified atom stereocenters. The molecule has 3 aromatic rings. The van der Waals surface area contributed by atoms with Crippen LogP contribution in [0, 0.1) is 0 Å². The topological polar surface area (TPSA) is 68.0 Å². The smallest absolute Gasteiger partial charge is 0.231 e. The van der Waals surface area contributed by atoms with Crippen LogP contribution in [-0.2, 0) is 13.1 Å². The van der Waals surface area contributed by atoms with Gasteiger partial charge in [-0.15, -0.1) is 0 Å². The molecule has 0 bridgehead atoms. The molecule has 0 radical (unpaired) electrons. The molecule has 0 aliphatic carbocycles. The van der Waals surface area contributed by atoms with Crippen molar-refractivity contribution < 1.29 is 24.3 Å². The van der Waals surface area contributed by atoms with Gasteiger partial charge in [-0.2, -0.15) is 0 Å². The third-order valence-corrected chi connectivity index (χ3v) is 6.07. The molecule has 0 saturated carbocycles. The number of carbonyl (C=O) groups is 1. The normalized spacial score (nSPS) is 14.5. The van der Waals surface area contributed by atoms with Crippen LogP contribution >= 0.6 is 0 Å². The van der Waals surface area contributed by atoms with E-state index in [2.05, 4.69) is 25.3 Å². The van der Waals surface area contributed by atoms with Gasteiger partial charge in [0.2, 0.25) is 5.78 Å². The highest BCUT2D eigenvalue weighted by Crippen LogP contribution is 2.39. The van der Waals surface area contributed by atoms with E-state index in [1.807, 2.05) is 24.4 Å². The number of hydrogen-bond acceptors (Lipinski definition) is 4. The number of allylic oxidation sites excluding steroid dienone is 1. The van der Waals surface area contributed by atoms with Crippen LogP contribution in [0.2, 0.25) is 0 Å². The van der Waals surface area contributed by atoms with Crippen molar-refractivity contribution in [3.05, 3.63) is 59.0 Å². The Labute approximate surface area is 182 Å². The standard InChI is InChI=1S/C25H28N2O4/c1-5-26(6-2)15-20-22(28)11-9-18-24(29)23(31-25(18)20)12-16-14-27(7-3)21-10-8-17(30-4)13-19(16)21/h8-14,28H,5-7,15H2,1-4H3/b23-12-. The van der Waals surface area contributed by atoms with E-state index >= 15 is 0 Å². The number of quaternary nitrogens is 1. The summed E-state index contributed by atoms with van der Waals surface area (Å²) in [5.41, 5.74) is 2.98. The number of aromatic nitrogens is 1. The number of carbonyl (C=O) groups excluding carboxylic acids is 1. The van der Waals surface area contributed by atoms with Gasteiger partial charge < -0.3 is 24.0 Å². The number of aryl methyl sites for hydroxylation is 1. The zero-order valence-electron chi connectivity index (χ0n) is 18.5. The van der Waals surface area contributed by atoms with Crippen molar-refractivity contribution in [3.63, 3.8) is 0 Å². The van der Waals surface area contributed by atoms with E-state index in [4.69, 9.17) is 9.47 Å². The Hall–Kier alpha value is -3.25. The number of hydrogen-bond donors (Lipinski definition) is 1. The molecule has 0 spiro atoms. The van der Waals surface area contributed by atoms with Crippen LogP contribution in [0.15, 0.2) is 42.3 Å². The van der Waals surface area contributed by atoms with Crippen LogP contribution in [0.25, 0.3) is 17.0 Å². The SMILES string of the molecule is CCn1cc(/C=C2\Oc3c(ccc([O-])c3C[NH+](CC)CC)C2=O)c2cc(OC)ccc21. The summed E-state index contributed by atoms with van der Waals surface area (Å²) in [6.07, 6.45) is 3.78. The van der Waals surface area contributed by atoms with Gasteiger partial charge >= 0.3 is 0 Å². The second-order valence-corrected chi connectivity index (χ2v) is 7.75. The van der Waals surface area contributed by atoms with Crippen molar-refractivity contribution in [1.82, 2.24) is 4.57 Å². The summed E-state index contributed by atoms with van der Waals surface area (Å²) in [6, 6.07) is 8.97. The molecule has 6 heteroatoms. The average molecular weight is 421 g/mol. The fraction of sp³-hybridized carbons (Fsp3) is 0.320. The minimum atomic E-state index is -0.189. The van der Waals surface area contributed by atoms with Gasteiger partial charge in [-0.3, -0.25) is 4.79 Å². The van der Waals surface area contributed by atoms with Crippen LogP contribution in [0.4, 0.5) is 0 Å². The van der Waals surface area contributed by atoms with Gasteiger partial charge in [-0.05, 0) is 51.1 Å². The first-order valence-electron chi connectivity index (χ1n) is 10.8. The molecule has 2 heterocycles. The summed E-state index contributed by atoms with van der Waals surface area (Å²) in [6.45, 7) is 9.39. The highest BCUT2D eigenvalue weighted by molar-refractivity contribution is 6.15. The maximum absolute atomic E-state index is 13.1. The van der Waals surface area contributed by atoms with Gasteiger partial charge in [0, 0.05) is 34.8 Å². The summed E-state index contributed by atoms with van der Waals surface area (Å²) < 4.78 is 13.5. The first-order valence-corrected chi connectivity index (χ1v) is 10.8. The molecule has 1 aromatic heterocycles. The molecular formula is C25H28N2O4. The Balaban J connectivity index is 1.77. The lowest BCUT2D eigenvalue weighted by Crippen LogP contribution is -3.10. The van der Waals surface area contributed by atoms with Gasteiger partial charge in [-0.1, -0.05) is 11.8 Å². The van der Waals surface area contributed by atoms with Crippen molar-refractivity contribution in [1.29, 1.82) is 0 Å². The largest absolute Gasteiger partial charge is 0.872 e. The van der Waals surface area contributed by atoms with Gasteiger partial charge in [0.05, 0.1) is 25.8 Å². The minimum absolute atomic E-state index is 0.0838. The lowest BCUT2D eigenvalue weighted by atomic mass is 10.0. The molecule has 6 nitrogen and oxygen atoms in total. The Kier molecular flexibility index (Phi) is 5.74. The van der Waals surface area contributed by atoms with Crippen molar-refractivity contribution in [3.8, 4) is 17.2 Å². The number of nitrogens with zero attached hydrogens (tertiary/aromatic N) is 1. The van der Waals surface area contributed by atoms with E-state index < -0.39 is 0 Å². The molecule has 1 N–H and O–H groups in total. The van der Waals surface area contributed by atoms with E-state index in [9.17, 15) is 9.90 Å². The first-order chi connectivity index (χ1) is 15.0. The average Bonchev–Trinajstić information content (AvgIpc) is 3.30. The molecule has 4 rings (SSSR count). The van der Waals surface area contributed by atoms with Crippen LogP contribution in [0.5, 0.6) is 17.2 Å².